The lowest BCUT2D eigenvalue weighted by Crippen LogP contribution is -2.36. The van der Waals surface area contributed by atoms with Crippen LogP contribution in [0.3, 0.4) is 0 Å². The van der Waals surface area contributed by atoms with Crippen LogP contribution in [0.2, 0.25) is 0 Å². The number of nitrogens with one attached hydrogen (secondary N) is 1. The molecule has 0 spiro atoms. The summed E-state index contributed by atoms with van der Waals surface area (Å²) in [5, 5.41) is 3.62. The molecule has 28 heavy (non-hydrogen) atoms. The first-order valence-corrected chi connectivity index (χ1v) is 10.7. The molecule has 3 nitrogen and oxygen atoms in total. The molecule has 0 radical (unpaired) electrons. The predicted molar refractivity (Wildman–Crippen MR) is 109 cm³/mol. The van der Waals surface area contributed by atoms with Crippen molar-refractivity contribution in [3.8, 4) is 11.5 Å². The molecule has 2 aromatic rings. The number of rotatable bonds is 6. The molecular weight excluding hydrogens is 353 g/mol. The number of fused-ring (bicyclic) bond motifs is 1. The Bertz CT molecular complexity index is 786. The van der Waals surface area contributed by atoms with E-state index < -0.39 is 0 Å². The molecule has 1 unspecified atom stereocenters. The maximum atomic E-state index is 14.1. The first kappa shape index (κ1) is 19.3. The molecule has 4 heteroatoms. The molecule has 0 saturated heterocycles. The van der Waals surface area contributed by atoms with Gasteiger partial charge < -0.3 is 14.8 Å². The number of hydrogen-bond acceptors (Lipinski definition) is 3. The van der Waals surface area contributed by atoms with E-state index in [0.717, 1.165) is 49.3 Å². The van der Waals surface area contributed by atoms with Crippen molar-refractivity contribution in [2.24, 2.45) is 0 Å². The van der Waals surface area contributed by atoms with Gasteiger partial charge in [0, 0.05) is 11.6 Å². The Morgan fingerprint density at radius 2 is 1.89 bits per heavy atom. The predicted octanol–water partition coefficient (Wildman–Crippen LogP) is 5.58. The van der Waals surface area contributed by atoms with Gasteiger partial charge in [-0.1, -0.05) is 25.1 Å². The van der Waals surface area contributed by atoms with E-state index in [4.69, 9.17) is 9.47 Å². The molecule has 1 heterocycles. The Morgan fingerprint density at radius 1 is 1.07 bits per heavy atom. The van der Waals surface area contributed by atoms with Crippen molar-refractivity contribution in [3.63, 3.8) is 0 Å². The highest BCUT2D eigenvalue weighted by molar-refractivity contribution is 5.42. The van der Waals surface area contributed by atoms with E-state index in [2.05, 4.69) is 18.3 Å². The van der Waals surface area contributed by atoms with Crippen LogP contribution < -0.4 is 14.8 Å². The minimum absolute atomic E-state index is 0.195. The van der Waals surface area contributed by atoms with E-state index in [-0.39, 0.29) is 11.9 Å². The van der Waals surface area contributed by atoms with E-state index in [0.29, 0.717) is 17.7 Å². The maximum absolute atomic E-state index is 14.1. The van der Waals surface area contributed by atoms with E-state index in [9.17, 15) is 4.39 Å². The largest absolute Gasteiger partial charge is 0.490 e. The summed E-state index contributed by atoms with van der Waals surface area (Å²) in [5.74, 6) is 1.58. The summed E-state index contributed by atoms with van der Waals surface area (Å²) in [6, 6.07) is 13.6. The second-order valence-corrected chi connectivity index (χ2v) is 7.98. The summed E-state index contributed by atoms with van der Waals surface area (Å²) in [5.41, 5.74) is 1.80. The third kappa shape index (κ3) is 4.49. The van der Waals surface area contributed by atoms with Crippen molar-refractivity contribution in [2.45, 2.75) is 70.1 Å². The Labute approximate surface area is 167 Å². The van der Waals surface area contributed by atoms with Gasteiger partial charge in [0.25, 0.3) is 0 Å². The average Bonchev–Trinajstić information content (AvgIpc) is 2.73. The molecular formula is C24H30FNO2. The first-order valence-electron chi connectivity index (χ1n) is 10.7. The third-order valence-electron chi connectivity index (χ3n) is 5.89. The zero-order valence-electron chi connectivity index (χ0n) is 16.6. The Kier molecular flexibility index (Phi) is 6.16. The van der Waals surface area contributed by atoms with Crippen LogP contribution in [-0.4, -0.2) is 18.7 Å². The molecule has 150 valence electrons. The number of aryl methyl sites for hydroxylation is 1. The highest BCUT2D eigenvalue weighted by Crippen LogP contribution is 2.38. The Morgan fingerprint density at radius 3 is 2.68 bits per heavy atom. The molecule has 4 rings (SSSR count). The number of benzene rings is 2. The Balaban J connectivity index is 1.35. The molecule has 1 aliphatic carbocycles. The maximum Gasteiger partial charge on any atom is 0.130 e. The summed E-state index contributed by atoms with van der Waals surface area (Å²) in [4.78, 5) is 0. The summed E-state index contributed by atoms with van der Waals surface area (Å²) in [6.07, 6.45) is 7.50. The van der Waals surface area contributed by atoms with Crippen LogP contribution in [0.1, 0.15) is 62.7 Å². The second-order valence-electron chi connectivity index (χ2n) is 7.98. The summed E-state index contributed by atoms with van der Waals surface area (Å²) < 4.78 is 26.4. The molecule has 1 N–H and O–H groups in total. The van der Waals surface area contributed by atoms with E-state index in [1.165, 1.54) is 25.3 Å². The van der Waals surface area contributed by atoms with Gasteiger partial charge in [-0.25, -0.2) is 4.39 Å². The fraction of sp³-hybridized carbons (Fsp3) is 0.500. The summed E-state index contributed by atoms with van der Waals surface area (Å²) >= 11 is 0. The van der Waals surface area contributed by atoms with Gasteiger partial charge in [-0.15, -0.1) is 0 Å². The Hall–Kier alpha value is -2.07. The lowest BCUT2D eigenvalue weighted by molar-refractivity contribution is 0.138. The fourth-order valence-corrected chi connectivity index (χ4v) is 4.32. The van der Waals surface area contributed by atoms with Crippen LogP contribution in [0.5, 0.6) is 11.5 Å². The molecule has 1 atom stereocenters. The van der Waals surface area contributed by atoms with Crippen molar-refractivity contribution in [2.75, 3.05) is 6.54 Å². The number of hydrogen-bond donors (Lipinski definition) is 1. The van der Waals surface area contributed by atoms with Gasteiger partial charge in [-0.2, -0.15) is 0 Å². The van der Waals surface area contributed by atoms with Crippen LogP contribution in [-0.2, 0) is 6.42 Å². The van der Waals surface area contributed by atoms with Gasteiger partial charge in [0.05, 0.1) is 6.10 Å². The van der Waals surface area contributed by atoms with Gasteiger partial charge in [0.2, 0.25) is 0 Å². The minimum Gasteiger partial charge on any atom is -0.490 e. The molecule has 2 aromatic carbocycles. The van der Waals surface area contributed by atoms with Crippen LogP contribution in [0, 0.1) is 5.82 Å². The minimum atomic E-state index is -0.216. The smallest absolute Gasteiger partial charge is 0.130 e. The fourth-order valence-electron chi connectivity index (χ4n) is 4.32. The standard InChI is InChI=1S/C24H30FNO2/c1-2-15-26-18-8-10-19(11-9-18)27-20-12-14-23-17(16-20)7-13-24(28-23)21-5-3-4-6-22(21)25/h3-6,12,14,16,18-19,24,26H,2,7-11,13,15H2,1H3. The molecule has 0 amide bonds. The van der Waals surface area contributed by atoms with Crippen LogP contribution in [0.4, 0.5) is 4.39 Å². The average molecular weight is 384 g/mol. The first-order chi connectivity index (χ1) is 13.7. The van der Waals surface area contributed by atoms with Crippen LogP contribution in [0.25, 0.3) is 0 Å². The molecule has 1 aliphatic heterocycles. The molecule has 1 fully saturated rings. The van der Waals surface area contributed by atoms with E-state index >= 15 is 0 Å². The SMILES string of the molecule is CCCNC1CCC(Oc2ccc3c(c2)CCC(c2ccccc2F)O3)CC1. The topological polar surface area (TPSA) is 30.5 Å². The van der Waals surface area contributed by atoms with Gasteiger partial charge in [-0.05, 0) is 81.3 Å². The quantitative estimate of drug-likeness (QED) is 0.706. The molecule has 1 saturated carbocycles. The zero-order valence-corrected chi connectivity index (χ0v) is 16.6. The molecule has 0 bridgehead atoms. The summed E-state index contributed by atoms with van der Waals surface area (Å²) in [7, 11) is 0. The van der Waals surface area contributed by atoms with Crippen molar-refractivity contribution in [3.05, 3.63) is 59.4 Å². The monoisotopic (exact) mass is 383 g/mol. The van der Waals surface area contributed by atoms with Crippen molar-refractivity contribution >= 4 is 0 Å². The normalized spacial score (nSPS) is 24.3. The van der Waals surface area contributed by atoms with Crippen molar-refractivity contribution in [1.29, 1.82) is 0 Å². The zero-order chi connectivity index (χ0) is 19.3. The molecule has 0 aromatic heterocycles. The lowest BCUT2D eigenvalue weighted by atomic mass is 9.92. The lowest BCUT2D eigenvalue weighted by Gasteiger charge is -2.30. The van der Waals surface area contributed by atoms with Gasteiger partial charge in [0.15, 0.2) is 0 Å². The summed E-state index contributed by atoms with van der Waals surface area (Å²) in [6.45, 7) is 3.31. The van der Waals surface area contributed by atoms with Crippen LogP contribution in [0.15, 0.2) is 42.5 Å². The van der Waals surface area contributed by atoms with Gasteiger partial charge in [-0.3, -0.25) is 0 Å². The third-order valence-corrected chi connectivity index (χ3v) is 5.89. The number of ether oxygens (including phenoxy) is 2. The van der Waals surface area contributed by atoms with Crippen molar-refractivity contribution < 1.29 is 13.9 Å². The molecule has 2 aliphatic rings. The van der Waals surface area contributed by atoms with E-state index in [1.807, 2.05) is 24.3 Å². The van der Waals surface area contributed by atoms with Gasteiger partial charge in [0.1, 0.15) is 23.4 Å². The van der Waals surface area contributed by atoms with E-state index in [1.54, 1.807) is 6.07 Å². The highest BCUT2D eigenvalue weighted by atomic mass is 19.1. The van der Waals surface area contributed by atoms with Crippen LogP contribution >= 0.6 is 0 Å². The number of halogens is 1. The highest BCUT2D eigenvalue weighted by Gasteiger charge is 2.25. The van der Waals surface area contributed by atoms with Gasteiger partial charge >= 0.3 is 0 Å². The second kappa shape index (κ2) is 8.95. The van der Waals surface area contributed by atoms with Crippen molar-refractivity contribution in [1.82, 2.24) is 5.32 Å².